The van der Waals surface area contributed by atoms with E-state index in [4.69, 9.17) is 15.6 Å². The van der Waals surface area contributed by atoms with Gasteiger partial charge in [-0.2, -0.15) is 5.10 Å². The highest BCUT2D eigenvalue weighted by Crippen LogP contribution is 2.10. The molecule has 6 heteroatoms. The molecule has 0 amide bonds. The van der Waals surface area contributed by atoms with Crippen molar-refractivity contribution in [2.24, 2.45) is 0 Å². The van der Waals surface area contributed by atoms with Crippen LogP contribution in [0.5, 0.6) is 0 Å². The zero-order valence-corrected chi connectivity index (χ0v) is 11.2. The number of nitrogens with two attached hydrogens (primary N) is 1. The Morgan fingerprint density at radius 3 is 2.69 bits per heavy atom. The minimum Gasteiger partial charge on any atom is -0.396 e. The summed E-state index contributed by atoms with van der Waals surface area (Å²) >= 11 is 0. The van der Waals surface area contributed by atoms with Gasteiger partial charge in [-0.1, -0.05) is 19.6 Å². The molecule has 0 saturated carbocycles. The molecule has 1 aromatic rings. The molecule has 5 nitrogen and oxygen atoms in total. The lowest BCUT2D eigenvalue weighted by Gasteiger charge is -2.15. The topological polar surface area (TPSA) is 73.3 Å². The van der Waals surface area contributed by atoms with E-state index in [2.05, 4.69) is 24.7 Å². The number of hydrogen-bond acceptors (Lipinski definition) is 4. The van der Waals surface area contributed by atoms with E-state index >= 15 is 0 Å². The third kappa shape index (κ3) is 4.34. The van der Waals surface area contributed by atoms with Gasteiger partial charge in [0.15, 0.2) is 0 Å². The fraction of sp³-hybridized carbons (Fsp3) is 0.700. The maximum absolute atomic E-state index is 8.92. The van der Waals surface area contributed by atoms with Crippen molar-refractivity contribution in [3.05, 3.63) is 11.9 Å². The van der Waals surface area contributed by atoms with Crippen LogP contribution >= 0.6 is 0 Å². The third-order valence-corrected chi connectivity index (χ3v) is 3.94. The number of aliphatic hydroxyl groups is 1. The molecule has 1 heterocycles. The van der Waals surface area contributed by atoms with Gasteiger partial charge >= 0.3 is 0 Å². The van der Waals surface area contributed by atoms with Crippen molar-refractivity contribution >= 4 is 13.8 Å². The monoisotopic (exact) mass is 243 g/mol. The van der Waals surface area contributed by atoms with Crippen molar-refractivity contribution in [3.63, 3.8) is 0 Å². The Kier molecular flexibility index (Phi) is 4.52. The Bertz CT molecular complexity index is 333. The van der Waals surface area contributed by atoms with Crippen LogP contribution in [0.4, 0.5) is 5.69 Å². The molecule has 0 radical (unpaired) electrons. The summed E-state index contributed by atoms with van der Waals surface area (Å²) in [6.07, 6.45) is 1.68. The summed E-state index contributed by atoms with van der Waals surface area (Å²) in [5, 5.41) is 13.0. The molecule has 0 unspecified atom stereocenters. The van der Waals surface area contributed by atoms with E-state index in [0.29, 0.717) is 18.1 Å². The molecule has 1 aromatic heterocycles. The van der Waals surface area contributed by atoms with Crippen molar-refractivity contribution in [3.8, 4) is 0 Å². The molecule has 0 bridgehead atoms. The summed E-state index contributed by atoms with van der Waals surface area (Å²) in [5.74, 6) is 0. The summed E-state index contributed by atoms with van der Waals surface area (Å²) in [6.45, 7) is 7.96. The molecule has 3 N–H and O–H groups in total. The van der Waals surface area contributed by atoms with Crippen LogP contribution in [0, 0.1) is 0 Å². The lowest BCUT2D eigenvalue weighted by molar-refractivity contribution is 0.0779. The largest absolute Gasteiger partial charge is 0.396 e. The van der Waals surface area contributed by atoms with Crippen LogP contribution in [-0.2, 0) is 18.1 Å². The smallest absolute Gasteiger partial charge is 0.139 e. The van der Waals surface area contributed by atoms with Crippen LogP contribution in [0.3, 0.4) is 0 Å². The van der Waals surface area contributed by atoms with E-state index in [0.717, 1.165) is 12.7 Å². The predicted molar refractivity (Wildman–Crippen MR) is 66.7 cm³/mol. The van der Waals surface area contributed by atoms with Crippen LogP contribution in [0.1, 0.15) is 5.69 Å². The van der Waals surface area contributed by atoms with Gasteiger partial charge in [-0.25, -0.2) is 4.68 Å². The second kappa shape index (κ2) is 5.47. The first-order chi connectivity index (χ1) is 7.42. The van der Waals surface area contributed by atoms with Crippen LogP contribution in [0.25, 0.3) is 0 Å². The number of nitrogens with zero attached hydrogens (tertiary/aromatic N) is 2. The molecule has 0 aliphatic rings. The van der Waals surface area contributed by atoms with Crippen molar-refractivity contribution in [2.75, 3.05) is 12.3 Å². The number of anilines is 1. The van der Waals surface area contributed by atoms with Crippen molar-refractivity contribution in [2.45, 2.75) is 39.0 Å². The van der Waals surface area contributed by atoms with Crippen LogP contribution < -0.4 is 5.73 Å². The number of aromatic nitrogens is 2. The highest BCUT2D eigenvalue weighted by atomic mass is 28.3. The van der Waals surface area contributed by atoms with Crippen molar-refractivity contribution in [1.29, 1.82) is 0 Å². The lowest BCUT2D eigenvalue weighted by atomic mass is 10.4. The number of nitrogen functional groups attached to an aromatic ring is 1. The van der Waals surface area contributed by atoms with Crippen molar-refractivity contribution < 1.29 is 9.84 Å². The van der Waals surface area contributed by atoms with Gasteiger partial charge in [-0.15, -0.1) is 0 Å². The fourth-order valence-corrected chi connectivity index (χ4v) is 1.96. The Labute approximate surface area is 97.2 Å². The second-order valence-electron chi connectivity index (χ2n) is 5.08. The van der Waals surface area contributed by atoms with Gasteiger partial charge in [0.25, 0.3) is 0 Å². The SMILES string of the molecule is C[Si](C)(C)CCOCn1cc(N)c(CO)n1. The zero-order chi connectivity index (χ0) is 12.2. The van der Waals surface area contributed by atoms with Crippen molar-refractivity contribution in [1.82, 2.24) is 9.78 Å². The number of rotatable bonds is 6. The van der Waals surface area contributed by atoms with E-state index in [1.807, 2.05) is 0 Å². The highest BCUT2D eigenvalue weighted by molar-refractivity contribution is 6.76. The molecule has 0 atom stereocenters. The fourth-order valence-electron chi connectivity index (χ4n) is 1.20. The number of aliphatic hydroxyl groups excluding tert-OH is 1. The van der Waals surface area contributed by atoms with Gasteiger partial charge in [0.05, 0.1) is 18.5 Å². The molecule has 1 rings (SSSR count). The zero-order valence-electron chi connectivity index (χ0n) is 10.2. The summed E-state index contributed by atoms with van der Waals surface area (Å²) in [5.41, 5.74) is 6.65. The quantitative estimate of drug-likeness (QED) is 0.583. The molecule has 0 spiro atoms. The maximum Gasteiger partial charge on any atom is 0.139 e. The molecule has 0 saturated heterocycles. The van der Waals surface area contributed by atoms with Gasteiger partial charge in [0.1, 0.15) is 12.4 Å². The second-order valence-corrected chi connectivity index (χ2v) is 10.7. The minimum atomic E-state index is -1.03. The van der Waals surface area contributed by atoms with Gasteiger partial charge in [-0.05, 0) is 6.04 Å². The summed E-state index contributed by atoms with van der Waals surface area (Å²) in [4.78, 5) is 0. The predicted octanol–water partition coefficient (Wildman–Crippen LogP) is 1.27. The first-order valence-electron chi connectivity index (χ1n) is 5.43. The Morgan fingerprint density at radius 2 is 2.19 bits per heavy atom. The van der Waals surface area contributed by atoms with Crippen LogP contribution in [0.15, 0.2) is 6.20 Å². The molecule has 16 heavy (non-hydrogen) atoms. The summed E-state index contributed by atoms with van der Waals surface area (Å²) in [6, 6.07) is 1.14. The molecule has 0 aromatic carbocycles. The van der Waals surface area contributed by atoms with E-state index in [1.165, 1.54) is 0 Å². The summed E-state index contributed by atoms with van der Waals surface area (Å²) in [7, 11) is -1.03. The average Bonchev–Trinajstić information content (AvgIpc) is 2.52. The van der Waals surface area contributed by atoms with Crippen LogP contribution in [-0.4, -0.2) is 29.6 Å². The van der Waals surface area contributed by atoms with Gasteiger partial charge in [0, 0.05) is 14.7 Å². The minimum absolute atomic E-state index is 0.131. The standard InChI is InChI=1S/C10H21N3O2Si/c1-16(2,3)5-4-15-8-13-6-9(11)10(7-14)12-13/h6,14H,4-5,7-8,11H2,1-3H3. The van der Waals surface area contributed by atoms with E-state index in [9.17, 15) is 0 Å². The van der Waals surface area contributed by atoms with Gasteiger partial charge in [0.2, 0.25) is 0 Å². The van der Waals surface area contributed by atoms with E-state index in [-0.39, 0.29) is 6.61 Å². The molecular weight excluding hydrogens is 222 g/mol. The van der Waals surface area contributed by atoms with Gasteiger partial charge < -0.3 is 15.6 Å². The molecular formula is C10H21N3O2Si. The van der Waals surface area contributed by atoms with E-state index < -0.39 is 8.07 Å². The Hall–Kier alpha value is -0.853. The van der Waals surface area contributed by atoms with Gasteiger partial charge in [-0.3, -0.25) is 0 Å². The first-order valence-corrected chi connectivity index (χ1v) is 9.13. The normalized spacial score (nSPS) is 12.0. The maximum atomic E-state index is 8.92. The average molecular weight is 243 g/mol. The summed E-state index contributed by atoms with van der Waals surface area (Å²) < 4.78 is 7.12. The molecule has 0 aliphatic heterocycles. The number of ether oxygens (including phenoxy) is 1. The Balaban J connectivity index is 2.32. The Morgan fingerprint density at radius 1 is 1.50 bits per heavy atom. The lowest BCUT2D eigenvalue weighted by Crippen LogP contribution is -2.22. The first kappa shape index (κ1) is 13.2. The number of hydrogen-bond donors (Lipinski definition) is 2. The van der Waals surface area contributed by atoms with Crippen LogP contribution in [0.2, 0.25) is 25.7 Å². The molecule has 92 valence electrons. The third-order valence-electron chi connectivity index (χ3n) is 2.24. The molecule has 0 fully saturated rings. The molecule has 0 aliphatic carbocycles. The highest BCUT2D eigenvalue weighted by Gasteiger charge is 2.12. The van der Waals surface area contributed by atoms with E-state index in [1.54, 1.807) is 10.9 Å².